The molecule has 0 radical (unpaired) electrons. The zero-order chi connectivity index (χ0) is 15.2. The summed E-state index contributed by atoms with van der Waals surface area (Å²) in [5.41, 5.74) is 3.78. The Morgan fingerprint density at radius 3 is 2.14 bits per heavy atom. The van der Waals surface area contributed by atoms with E-state index in [0.29, 0.717) is 12.0 Å². The molecule has 1 unspecified atom stereocenters. The van der Waals surface area contributed by atoms with Gasteiger partial charge in [0.2, 0.25) is 0 Å². The Hall–Kier alpha value is -1.67. The van der Waals surface area contributed by atoms with Crippen molar-refractivity contribution in [1.82, 2.24) is 5.32 Å². The van der Waals surface area contributed by atoms with Gasteiger partial charge in [0, 0.05) is 18.5 Å². The van der Waals surface area contributed by atoms with Crippen LogP contribution in [0.3, 0.4) is 0 Å². The lowest BCUT2D eigenvalue weighted by Gasteiger charge is -2.20. The van der Waals surface area contributed by atoms with Crippen LogP contribution in [-0.4, -0.2) is 12.6 Å². The van der Waals surface area contributed by atoms with E-state index in [2.05, 4.69) is 50.4 Å². The minimum atomic E-state index is -0.175. The maximum atomic E-state index is 13.0. The Labute approximate surface area is 127 Å². The molecule has 0 bridgehead atoms. The number of rotatable bonds is 6. The smallest absolute Gasteiger partial charge is 0.123 e. The lowest BCUT2D eigenvalue weighted by molar-refractivity contribution is 0.526. The van der Waals surface area contributed by atoms with Crippen LogP contribution in [0.15, 0.2) is 48.5 Å². The minimum absolute atomic E-state index is 0.175. The van der Waals surface area contributed by atoms with Crippen molar-refractivity contribution in [2.45, 2.75) is 39.2 Å². The van der Waals surface area contributed by atoms with Gasteiger partial charge in [-0.05, 0) is 36.6 Å². The first-order chi connectivity index (χ1) is 10.0. The van der Waals surface area contributed by atoms with Gasteiger partial charge in [0.05, 0.1) is 0 Å². The highest BCUT2D eigenvalue weighted by atomic mass is 19.1. The molecule has 0 fully saturated rings. The van der Waals surface area contributed by atoms with Crippen LogP contribution >= 0.6 is 0 Å². The zero-order valence-corrected chi connectivity index (χ0v) is 13.1. The number of aryl methyl sites for hydroxylation is 1. The van der Waals surface area contributed by atoms with Crippen LogP contribution in [0.2, 0.25) is 0 Å². The van der Waals surface area contributed by atoms with Crippen LogP contribution in [-0.2, 0) is 6.42 Å². The Morgan fingerprint density at radius 2 is 1.57 bits per heavy atom. The molecule has 1 atom stereocenters. The molecule has 0 spiro atoms. The second-order valence-corrected chi connectivity index (χ2v) is 6.00. The topological polar surface area (TPSA) is 12.0 Å². The Kier molecular flexibility index (Phi) is 5.51. The summed E-state index contributed by atoms with van der Waals surface area (Å²) in [6, 6.07) is 16.0. The zero-order valence-electron chi connectivity index (χ0n) is 13.1. The van der Waals surface area contributed by atoms with Crippen molar-refractivity contribution in [2.24, 2.45) is 0 Å². The van der Waals surface area contributed by atoms with Gasteiger partial charge in [-0.25, -0.2) is 4.39 Å². The summed E-state index contributed by atoms with van der Waals surface area (Å²) in [6.45, 7) is 7.34. The van der Waals surface area contributed by atoms with Gasteiger partial charge in [-0.2, -0.15) is 0 Å². The van der Waals surface area contributed by atoms with E-state index >= 15 is 0 Å². The molecule has 0 aliphatic carbocycles. The molecule has 1 nitrogen and oxygen atoms in total. The van der Waals surface area contributed by atoms with Gasteiger partial charge in [0.1, 0.15) is 5.82 Å². The number of hydrogen-bond acceptors (Lipinski definition) is 1. The van der Waals surface area contributed by atoms with E-state index < -0.39 is 0 Å². The molecule has 0 amide bonds. The van der Waals surface area contributed by atoms with Crippen molar-refractivity contribution in [3.63, 3.8) is 0 Å². The average molecular weight is 285 g/mol. The van der Waals surface area contributed by atoms with Crippen molar-refractivity contribution in [1.29, 1.82) is 0 Å². The van der Waals surface area contributed by atoms with Gasteiger partial charge in [0.25, 0.3) is 0 Å². The maximum Gasteiger partial charge on any atom is 0.123 e. The first kappa shape index (κ1) is 15.7. The molecule has 2 heteroatoms. The molecule has 0 aliphatic rings. The van der Waals surface area contributed by atoms with Gasteiger partial charge in [0.15, 0.2) is 0 Å². The third kappa shape index (κ3) is 4.98. The fourth-order valence-electron chi connectivity index (χ4n) is 2.43. The predicted octanol–water partition coefficient (Wildman–Crippen LogP) is 4.46. The summed E-state index contributed by atoms with van der Waals surface area (Å²) >= 11 is 0. The number of hydrogen-bond donors (Lipinski definition) is 1. The van der Waals surface area contributed by atoms with Crippen LogP contribution < -0.4 is 5.32 Å². The van der Waals surface area contributed by atoms with Crippen LogP contribution in [0, 0.1) is 12.7 Å². The molecule has 0 aliphatic heterocycles. The fraction of sp³-hybridized carbons (Fsp3) is 0.368. The molecular weight excluding hydrogens is 261 g/mol. The SMILES string of the molecule is Cc1ccc(C(CNC(C)C)Cc2ccc(F)cc2)cc1. The molecule has 0 saturated carbocycles. The number of nitrogens with one attached hydrogen (secondary N) is 1. The van der Waals surface area contributed by atoms with E-state index in [-0.39, 0.29) is 5.82 Å². The first-order valence-corrected chi connectivity index (χ1v) is 7.59. The molecule has 0 saturated heterocycles. The monoisotopic (exact) mass is 285 g/mol. The molecule has 21 heavy (non-hydrogen) atoms. The maximum absolute atomic E-state index is 13.0. The number of halogens is 1. The summed E-state index contributed by atoms with van der Waals surface area (Å²) in [5.74, 6) is 0.226. The van der Waals surface area contributed by atoms with Crippen molar-refractivity contribution < 1.29 is 4.39 Å². The molecule has 112 valence electrons. The highest BCUT2D eigenvalue weighted by Crippen LogP contribution is 2.21. The molecule has 2 aromatic carbocycles. The van der Waals surface area contributed by atoms with Crippen LogP contribution in [0.4, 0.5) is 4.39 Å². The quantitative estimate of drug-likeness (QED) is 0.826. The van der Waals surface area contributed by atoms with Gasteiger partial charge < -0.3 is 5.32 Å². The van der Waals surface area contributed by atoms with Crippen molar-refractivity contribution in [3.05, 3.63) is 71.0 Å². The summed E-state index contributed by atoms with van der Waals surface area (Å²) in [4.78, 5) is 0. The summed E-state index contributed by atoms with van der Waals surface area (Å²) in [6.07, 6.45) is 0.920. The van der Waals surface area contributed by atoms with Crippen LogP contribution in [0.25, 0.3) is 0 Å². The summed E-state index contributed by atoms with van der Waals surface area (Å²) in [5, 5.41) is 3.52. The first-order valence-electron chi connectivity index (χ1n) is 7.59. The Morgan fingerprint density at radius 1 is 0.952 bits per heavy atom. The second-order valence-electron chi connectivity index (χ2n) is 6.00. The molecule has 1 N–H and O–H groups in total. The van der Waals surface area contributed by atoms with E-state index in [9.17, 15) is 4.39 Å². The molecule has 0 heterocycles. The number of benzene rings is 2. The third-order valence-electron chi connectivity index (χ3n) is 3.72. The Bertz CT molecular complexity index is 543. The molecular formula is C19H24FN. The molecule has 0 aromatic heterocycles. The van der Waals surface area contributed by atoms with Crippen molar-refractivity contribution in [3.8, 4) is 0 Å². The summed E-state index contributed by atoms with van der Waals surface area (Å²) in [7, 11) is 0. The van der Waals surface area contributed by atoms with E-state index in [1.54, 1.807) is 0 Å². The summed E-state index contributed by atoms with van der Waals surface area (Å²) < 4.78 is 13.0. The Balaban J connectivity index is 2.14. The second kappa shape index (κ2) is 7.37. The minimum Gasteiger partial charge on any atom is -0.314 e. The van der Waals surface area contributed by atoms with E-state index in [1.165, 1.54) is 28.8 Å². The van der Waals surface area contributed by atoms with E-state index in [1.807, 2.05) is 12.1 Å². The average Bonchev–Trinajstić information content (AvgIpc) is 2.46. The molecule has 2 rings (SSSR count). The highest BCUT2D eigenvalue weighted by Gasteiger charge is 2.13. The van der Waals surface area contributed by atoms with Crippen LogP contribution in [0.1, 0.15) is 36.5 Å². The van der Waals surface area contributed by atoms with E-state index in [4.69, 9.17) is 0 Å². The lowest BCUT2D eigenvalue weighted by atomic mass is 9.91. The third-order valence-corrected chi connectivity index (χ3v) is 3.72. The van der Waals surface area contributed by atoms with Gasteiger partial charge >= 0.3 is 0 Å². The van der Waals surface area contributed by atoms with Gasteiger partial charge in [-0.15, -0.1) is 0 Å². The standard InChI is InChI=1S/C19H24FN/c1-14(2)21-13-18(17-8-4-15(3)5-9-17)12-16-6-10-19(20)11-7-16/h4-11,14,18,21H,12-13H2,1-3H3. The van der Waals surface area contributed by atoms with E-state index in [0.717, 1.165) is 13.0 Å². The fourth-order valence-corrected chi connectivity index (χ4v) is 2.43. The highest BCUT2D eigenvalue weighted by molar-refractivity contribution is 5.27. The van der Waals surface area contributed by atoms with Gasteiger partial charge in [-0.1, -0.05) is 55.8 Å². The van der Waals surface area contributed by atoms with Crippen molar-refractivity contribution >= 4 is 0 Å². The lowest BCUT2D eigenvalue weighted by Crippen LogP contribution is -2.29. The van der Waals surface area contributed by atoms with Gasteiger partial charge in [-0.3, -0.25) is 0 Å². The normalized spacial score (nSPS) is 12.6. The van der Waals surface area contributed by atoms with Crippen LogP contribution in [0.5, 0.6) is 0 Å². The largest absolute Gasteiger partial charge is 0.314 e. The predicted molar refractivity (Wildman–Crippen MR) is 87.2 cm³/mol. The molecule has 2 aromatic rings. The van der Waals surface area contributed by atoms with Crippen molar-refractivity contribution in [2.75, 3.05) is 6.54 Å².